The van der Waals surface area contributed by atoms with Crippen molar-refractivity contribution in [3.8, 4) is 0 Å². The molecule has 0 heterocycles. The fourth-order valence-electron chi connectivity index (χ4n) is 1.54. The van der Waals surface area contributed by atoms with Crippen LogP contribution in [0, 0.1) is 0 Å². The molecule has 3 nitrogen and oxygen atoms in total. The highest BCUT2D eigenvalue weighted by Crippen LogP contribution is 2.11. The summed E-state index contributed by atoms with van der Waals surface area (Å²) in [6.07, 6.45) is 4.70. The first-order valence-electron chi connectivity index (χ1n) is 6.16. The van der Waals surface area contributed by atoms with Gasteiger partial charge in [0.05, 0.1) is 6.21 Å². The SMILES string of the molecule is O=C(/C=C/c1ccc(Cl)cc1)N/N=C\c1cccc(Br)c1. The zero-order valence-corrected chi connectivity index (χ0v) is 13.3. The van der Waals surface area contributed by atoms with E-state index in [1.807, 2.05) is 36.4 Å². The van der Waals surface area contributed by atoms with E-state index in [4.69, 9.17) is 11.6 Å². The molecule has 0 unspecified atom stereocenters. The molecule has 2 aromatic carbocycles. The Hall–Kier alpha value is -1.91. The van der Waals surface area contributed by atoms with E-state index in [0.29, 0.717) is 5.02 Å². The Morgan fingerprint density at radius 1 is 1.14 bits per heavy atom. The van der Waals surface area contributed by atoms with Crippen LogP contribution in [0.5, 0.6) is 0 Å². The van der Waals surface area contributed by atoms with Gasteiger partial charge in [-0.25, -0.2) is 5.43 Å². The molecule has 0 saturated heterocycles. The van der Waals surface area contributed by atoms with Crippen LogP contribution in [0.25, 0.3) is 6.08 Å². The van der Waals surface area contributed by atoms with Gasteiger partial charge in [0.15, 0.2) is 0 Å². The molecule has 0 spiro atoms. The molecule has 2 rings (SSSR count). The number of carbonyl (C=O) groups excluding carboxylic acids is 1. The number of hydrogen-bond donors (Lipinski definition) is 1. The summed E-state index contributed by atoms with van der Waals surface area (Å²) in [5.74, 6) is -0.295. The molecule has 0 bridgehead atoms. The molecule has 0 atom stereocenters. The lowest BCUT2D eigenvalue weighted by Gasteiger charge is -1.96. The normalized spacial score (nSPS) is 11.1. The zero-order chi connectivity index (χ0) is 15.1. The fourth-order valence-corrected chi connectivity index (χ4v) is 2.08. The molecule has 0 aliphatic rings. The van der Waals surface area contributed by atoms with Crippen molar-refractivity contribution in [2.45, 2.75) is 0 Å². The van der Waals surface area contributed by atoms with Gasteiger partial charge in [0.1, 0.15) is 0 Å². The first-order chi connectivity index (χ1) is 10.1. The van der Waals surface area contributed by atoms with E-state index in [1.54, 1.807) is 24.4 Å². The molecule has 1 N–H and O–H groups in total. The second-order valence-corrected chi connectivity index (χ2v) is 5.53. The van der Waals surface area contributed by atoms with E-state index in [2.05, 4.69) is 26.5 Å². The van der Waals surface area contributed by atoms with Crippen LogP contribution >= 0.6 is 27.5 Å². The minimum atomic E-state index is -0.295. The molecule has 0 aliphatic heterocycles. The molecule has 0 aromatic heterocycles. The maximum Gasteiger partial charge on any atom is 0.264 e. The fraction of sp³-hybridized carbons (Fsp3) is 0. The van der Waals surface area contributed by atoms with Gasteiger partial charge in [-0.3, -0.25) is 4.79 Å². The Morgan fingerprint density at radius 2 is 1.90 bits per heavy atom. The van der Waals surface area contributed by atoms with Crippen LogP contribution in [-0.4, -0.2) is 12.1 Å². The highest BCUT2D eigenvalue weighted by Gasteiger charge is 1.94. The van der Waals surface area contributed by atoms with Crippen LogP contribution in [-0.2, 0) is 4.79 Å². The summed E-state index contributed by atoms with van der Waals surface area (Å²) in [6.45, 7) is 0. The van der Waals surface area contributed by atoms with Gasteiger partial charge in [-0.15, -0.1) is 0 Å². The first-order valence-corrected chi connectivity index (χ1v) is 7.33. The van der Waals surface area contributed by atoms with E-state index in [-0.39, 0.29) is 5.91 Å². The van der Waals surface area contributed by atoms with Crippen molar-refractivity contribution >= 4 is 45.7 Å². The third kappa shape index (κ3) is 5.53. The van der Waals surface area contributed by atoms with Crippen LogP contribution in [0.4, 0.5) is 0 Å². The van der Waals surface area contributed by atoms with E-state index in [9.17, 15) is 4.79 Å². The molecule has 0 fully saturated rings. The number of nitrogens with zero attached hydrogens (tertiary/aromatic N) is 1. The summed E-state index contributed by atoms with van der Waals surface area (Å²) in [6, 6.07) is 14.8. The van der Waals surface area contributed by atoms with Gasteiger partial charge in [-0.2, -0.15) is 5.10 Å². The lowest BCUT2D eigenvalue weighted by Crippen LogP contribution is -2.14. The Kier molecular flexibility index (Phi) is 5.72. The summed E-state index contributed by atoms with van der Waals surface area (Å²) in [7, 11) is 0. The monoisotopic (exact) mass is 362 g/mol. The van der Waals surface area contributed by atoms with Crippen molar-refractivity contribution in [3.05, 3.63) is 75.2 Å². The molecular formula is C16H12BrClN2O. The summed E-state index contributed by atoms with van der Waals surface area (Å²) >= 11 is 9.16. The van der Waals surface area contributed by atoms with Crippen molar-refractivity contribution in [3.63, 3.8) is 0 Å². The number of benzene rings is 2. The molecule has 0 aliphatic carbocycles. The number of rotatable bonds is 4. The standard InChI is InChI=1S/C16H12BrClN2O/c17-14-3-1-2-13(10-14)11-19-20-16(21)9-6-12-4-7-15(18)8-5-12/h1-11H,(H,20,21)/b9-6+,19-11-. The predicted molar refractivity (Wildman–Crippen MR) is 90.4 cm³/mol. The van der Waals surface area contributed by atoms with Gasteiger partial charge in [0.2, 0.25) is 0 Å². The van der Waals surface area contributed by atoms with Crippen LogP contribution in [0.1, 0.15) is 11.1 Å². The number of nitrogens with one attached hydrogen (secondary N) is 1. The van der Waals surface area contributed by atoms with E-state index in [0.717, 1.165) is 15.6 Å². The second kappa shape index (κ2) is 7.76. The lowest BCUT2D eigenvalue weighted by molar-refractivity contribution is -0.116. The molecule has 2 aromatic rings. The van der Waals surface area contributed by atoms with E-state index in [1.165, 1.54) is 6.08 Å². The van der Waals surface area contributed by atoms with Crippen molar-refractivity contribution in [1.29, 1.82) is 0 Å². The third-order valence-corrected chi connectivity index (χ3v) is 3.28. The van der Waals surface area contributed by atoms with Gasteiger partial charge < -0.3 is 0 Å². The van der Waals surface area contributed by atoms with Gasteiger partial charge in [0.25, 0.3) is 5.91 Å². The molecule has 0 radical (unpaired) electrons. The maximum absolute atomic E-state index is 11.6. The zero-order valence-electron chi connectivity index (χ0n) is 11.0. The van der Waals surface area contributed by atoms with E-state index >= 15 is 0 Å². The summed E-state index contributed by atoms with van der Waals surface area (Å²) < 4.78 is 0.959. The summed E-state index contributed by atoms with van der Waals surface area (Å²) in [4.78, 5) is 11.6. The quantitative estimate of drug-likeness (QED) is 0.492. The van der Waals surface area contributed by atoms with Crippen LogP contribution < -0.4 is 5.43 Å². The van der Waals surface area contributed by atoms with Crippen LogP contribution in [0.3, 0.4) is 0 Å². The molecule has 5 heteroatoms. The van der Waals surface area contributed by atoms with Gasteiger partial charge in [-0.05, 0) is 41.5 Å². The van der Waals surface area contributed by atoms with Crippen molar-refractivity contribution in [2.24, 2.45) is 5.10 Å². The molecular weight excluding hydrogens is 352 g/mol. The average Bonchev–Trinajstić information content (AvgIpc) is 2.47. The van der Waals surface area contributed by atoms with Crippen molar-refractivity contribution in [1.82, 2.24) is 5.43 Å². The smallest absolute Gasteiger partial charge is 0.264 e. The number of halogens is 2. The average molecular weight is 364 g/mol. The largest absolute Gasteiger partial charge is 0.268 e. The molecule has 1 amide bonds. The minimum Gasteiger partial charge on any atom is -0.268 e. The van der Waals surface area contributed by atoms with Gasteiger partial charge in [0, 0.05) is 15.6 Å². The van der Waals surface area contributed by atoms with Gasteiger partial charge >= 0.3 is 0 Å². The molecule has 0 saturated carbocycles. The number of hydrogen-bond acceptors (Lipinski definition) is 2. The minimum absolute atomic E-state index is 0.295. The second-order valence-electron chi connectivity index (χ2n) is 4.17. The van der Waals surface area contributed by atoms with Crippen molar-refractivity contribution in [2.75, 3.05) is 0 Å². The number of amides is 1. The Morgan fingerprint density at radius 3 is 2.62 bits per heavy atom. The maximum atomic E-state index is 11.6. The van der Waals surface area contributed by atoms with Crippen LogP contribution in [0.15, 0.2) is 64.2 Å². The first kappa shape index (κ1) is 15.5. The third-order valence-electron chi connectivity index (χ3n) is 2.53. The number of carbonyl (C=O) groups is 1. The summed E-state index contributed by atoms with van der Waals surface area (Å²) in [5.41, 5.74) is 4.22. The lowest BCUT2D eigenvalue weighted by atomic mass is 10.2. The Bertz CT molecular complexity index is 681. The van der Waals surface area contributed by atoms with Crippen LogP contribution in [0.2, 0.25) is 5.02 Å². The number of hydrazone groups is 1. The highest BCUT2D eigenvalue weighted by molar-refractivity contribution is 9.10. The van der Waals surface area contributed by atoms with E-state index < -0.39 is 0 Å². The predicted octanol–water partition coefficient (Wildman–Crippen LogP) is 4.27. The topological polar surface area (TPSA) is 41.5 Å². The summed E-state index contributed by atoms with van der Waals surface area (Å²) in [5, 5.41) is 4.55. The van der Waals surface area contributed by atoms with Gasteiger partial charge in [-0.1, -0.05) is 51.8 Å². The Balaban J connectivity index is 1.88. The molecule has 106 valence electrons. The van der Waals surface area contributed by atoms with Crippen molar-refractivity contribution < 1.29 is 4.79 Å². The molecule has 21 heavy (non-hydrogen) atoms. The highest BCUT2D eigenvalue weighted by atomic mass is 79.9. The Labute approximate surface area is 136 Å².